The third-order valence-electron chi connectivity index (χ3n) is 7.75. The number of carbonyl (C=O) groups excluding carboxylic acids is 1. The van der Waals surface area contributed by atoms with Gasteiger partial charge in [0.2, 0.25) is 0 Å². The highest BCUT2D eigenvalue weighted by molar-refractivity contribution is 7.16. The summed E-state index contributed by atoms with van der Waals surface area (Å²) in [5.41, 5.74) is 8.72. The van der Waals surface area contributed by atoms with Crippen molar-refractivity contribution in [2.45, 2.75) is 58.3 Å². The number of benzene rings is 3. The number of carboxylic acids is 1. The van der Waals surface area contributed by atoms with Crippen LogP contribution in [0.1, 0.15) is 52.7 Å². The molecule has 0 aliphatic carbocycles. The zero-order valence-electron chi connectivity index (χ0n) is 25.1. The lowest BCUT2D eigenvalue weighted by Crippen LogP contribution is -2.50. The maximum absolute atomic E-state index is 13.6. The first kappa shape index (κ1) is 30.4. The second kappa shape index (κ2) is 12.7. The first-order chi connectivity index (χ1) is 20.5. The van der Waals surface area contributed by atoms with E-state index < -0.39 is 11.6 Å². The third-order valence-corrected chi connectivity index (χ3v) is 8.79. The molecule has 2 heterocycles. The quantitative estimate of drug-likeness (QED) is 0.223. The predicted octanol–water partition coefficient (Wildman–Crippen LogP) is 6.60. The highest BCUT2D eigenvalue weighted by Crippen LogP contribution is 2.38. The van der Waals surface area contributed by atoms with Gasteiger partial charge in [0.25, 0.3) is 0 Å². The molecule has 226 valence electrons. The molecule has 1 aromatic heterocycles. The monoisotopic (exact) mass is 601 g/mol. The molecular weight excluding hydrogens is 562 g/mol. The van der Waals surface area contributed by atoms with Gasteiger partial charge in [-0.05, 0) is 73.2 Å². The maximum atomic E-state index is 13.6. The summed E-state index contributed by atoms with van der Waals surface area (Å²) >= 11 is 1.34. The molecule has 43 heavy (non-hydrogen) atoms. The molecule has 8 nitrogen and oxygen atoms in total. The van der Waals surface area contributed by atoms with Crippen molar-refractivity contribution in [1.82, 2.24) is 9.80 Å². The molecule has 5 rings (SSSR count). The number of fused-ring (bicyclic) bond motifs is 2. The Labute approximate surface area is 256 Å². The van der Waals surface area contributed by atoms with Crippen LogP contribution >= 0.6 is 11.3 Å². The van der Waals surface area contributed by atoms with Crippen LogP contribution in [0.4, 0.5) is 9.80 Å². The number of carbonyl (C=O) groups is 2. The van der Waals surface area contributed by atoms with Crippen molar-refractivity contribution < 1.29 is 24.2 Å². The summed E-state index contributed by atoms with van der Waals surface area (Å²) in [4.78, 5) is 30.8. The van der Waals surface area contributed by atoms with Gasteiger partial charge in [-0.15, -0.1) is 11.3 Å². The molecule has 1 aliphatic rings. The van der Waals surface area contributed by atoms with Gasteiger partial charge >= 0.3 is 12.1 Å². The number of hydrogen-bond acceptors (Lipinski definition) is 7. The number of ether oxygens (including phenoxy) is 2. The maximum Gasteiger partial charge on any atom is 0.410 e. The van der Waals surface area contributed by atoms with Gasteiger partial charge in [-0.2, -0.15) is 0 Å². The van der Waals surface area contributed by atoms with E-state index in [1.807, 2.05) is 57.2 Å². The number of aromatic carboxylic acids is 1. The van der Waals surface area contributed by atoms with Gasteiger partial charge in [0, 0.05) is 37.1 Å². The summed E-state index contributed by atoms with van der Waals surface area (Å²) in [6, 6.07) is 22.4. The lowest BCUT2D eigenvalue weighted by Gasteiger charge is -2.39. The molecule has 3 aromatic carbocycles. The number of nitrogens with zero attached hydrogens (tertiary/aromatic N) is 2. The molecule has 9 heteroatoms. The summed E-state index contributed by atoms with van der Waals surface area (Å²) in [5.74, 6) is -0.235. The Kier molecular flexibility index (Phi) is 8.94. The van der Waals surface area contributed by atoms with Crippen molar-refractivity contribution in [3.8, 4) is 5.75 Å². The number of methoxy groups -OCH3 is 1. The zero-order valence-corrected chi connectivity index (χ0v) is 25.9. The number of rotatable bonds is 9. The highest BCUT2D eigenvalue weighted by Gasteiger charge is 2.35. The first-order valence-corrected chi connectivity index (χ1v) is 15.3. The molecule has 1 atom stereocenters. The Morgan fingerprint density at radius 3 is 2.42 bits per heavy atom. The molecule has 0 saturated heterocycles. The smallest absolute Gasteiger partial charge is 0.410 e. The number of anilines is 1. The number of hydrogen-bond donors (Lipinski definition) is 2. The Morgan fingerprint density at radius 1 is 1.05 bits per heavy atom. The largest absolute Gasteiger partial charge is 0.497 e. The molecule has 0 saturated carbocycles. The molecule has 1 unspecified atom stereocenters. The number of nitrogens with two attached hydrogens (primary N) is 1. The molecule has 0 fully saturated rings. The van der Waals surface area contributed by atoms with Crippen molar-refractivity contribution >= 4 is 39.2 Å². The number of thiophene rings is 1. The second-order valence-corrected chi connectivity index (χ2v) is 13.2. The second-order valence-electron chi connectivity index (χ2n) is 12.0. The molecule has 1 aliphatic heterocycles. The third kappa shape index (κ3) is 7.29. The van der Waals surface area contributed by atoms with Crippen LogP contribution in [0.3, 0.4) is 0 Å². The van der Waals surface area contributed by atoms with Crippen LogP contribution in [0.15, 0.2) is 66.7 Å². The van der Waals surface area contributed by atoms with Crippen LogP contribution in [0.2, 0.25) is 0 Å². The molecule has 0 radical (unpaired) electrons. The van der Waals surface area contributed by atoms with Crippen LogP contribution in [-0.4, -0.2) is 58.8 Å². The Balaban J connectivity index is 1.43. The Hall–Kier alpha value is -4.08. The lowest BCUT2D eigenvalue weighted by atomic mass is 9.95. The topological polar surface area (TPSA) is 105 Å². The predicted molar refractivity (Wildman–Crippen MR) is 171 cm³/mol. The standard InChI is InChI=1S/C34H39N3O5S/c1-34(2,3)42-33(40)36(16-15-22-9-12-24-7-5-6-8-25(24)17-22)20-26-18-28-29(43-31(35)30(28)32(38)39)21-37(26)19-23-10-13-27(41-4)14-11-23/h5-14,17,26H,15-16,18-21,35H2,1-4H3,(H,38,39). The van der Waals surface area contributed by atoms with Gasteiger partial charge in [0.15, 0.2) is 0 Å². The highest BCUT2D eigenvalue weighted by atomic mass is 32.1. The van der Waals surface area contributed by atoms with E-state index in [1.54, 1.807) is 12.0 Å². The van der Waals surface area contributed by atoms with E-state index >= 15 is 0 Å². The first-order valence-electron chi connectivity index (χ1n) is 14.5. The van der Waals surface area contributed by atoms with E-state index in [0.29, 0.717) is 44.0 Å². The molecular formula is C34H39N3O5S. The minimum Gasteiger partial charge on any atom is -0.497 e. The molecule has 1 amide bonds. The summed E-state index contributed by atoms with van der Waals surface area (Å²) in [6.45, 7) is 7.60. The van der Waals surface area contributed by atoms with Gasteiger partial charge in [-0.1, -0.05) is 54.6 Å². The fraction of sp³-hybridized carbons (Fsp3) is 0.353. The molecule has 0 spiro atoms. The summed E-state index contributed by atoms with van der Waals surface area (Å²) in [6.07, 6.45) is 0.745. The zero-order chi connectivity index (χ0) is 30.7. The van der Waals surface area contributed by atoms with Crippen molar-refractivity contribution in [1.29, 1.82) is 0 Å². The Morgan fingerprint density at radius 2 is 1.74 bits per heavy atom. The Bertz CT molecular complexity index is 1610. The van der Waals surface area contributed by atoms with Gasteiger partial charge in [0.05, 0.1) is 12.7 Å². The van der Waals surface area contributed by atoms with Crippen molar-refractivity contribution in [3.63, 3.8) is 0 Å². The summed E-state index contributed by atoms with van der Waals surface area (Å²) in [7, 11) is 1.64. The van der Waals surface area contributed by atoms with Crippen LogP contribution < -0.4 is 10.5 Å². The van der Waals surface area contributed by atoms with Crippen molar-refractivity contribution in [2.75, 3.05) is 25.9 Å². The van der Waals surface area contributed by atoms with Crippen molar-refractivity contribution in [3.05, 3.63) is 93.9 Å². The van der Waals surface area contributed by atoms with E-state index in [0.717, 1.165) is 32.7 Å². The van der Waals surface area contributed by atoms with E-state index in [2.05, 4.69) is 35.2 Å². The SMILES string of the molecule is COc1ccc(CN2Cc3sc(N)c(C(=O)O)c3CC2CN(CCc2ccc3ccccc3c2)C(=O)OC(C)(C)C)cc1. The van der Waals surface area contributed by atoms with E-state index in [1.165, 1.54) is 16.7 Å². The van der Waals surface area contributed by atoms with E-state index in [-0.39, 0.29) is 17.7 Å². The minimum atomic E-state index is -1.02. The number of amides is 1. The summed E-state index contributed by atoms with van der Waals surface area (Å²) in [5, 5.41) is 12.6. The van der Waals surface area contributed by atoms with Gasteiger partial charge in [-0.3, -0.25) is 4.90 Å². The summed E-state index contributed by atoms with van der Waals surface area (Å²) < 4.78 is 11.2. The molecule has 3 N–H and O–H groups in total. The van der Waals surface area contributed by atoms with Crippen LogP contribution in [0.25, 0.3) is 10.8 Å². The van der Waals surface area contributed by atoms with Crippen LogP contribution in [0, 0.1) is 0 Å². The van der Waals surface area contributed by atoms with Gasteiger partial charge in [0.1, 0.15) is 16.4 Å². The average molecular weight is 602 g/mol. The average Bonchev–Trinajstić information content (AvgIpc) is 3.29. The van der Waals surface area contributed by atoms with Gasteiger partial charge < -0.3 is 25.2 Å². The van der Waals surface area contributed by atoms with E-state index in [9.17, 15) is 14.7 Å². The van der Waals surface area contributed by atoms with Crippen LogP contribution in [-0.2, 0) is 30.7 Å². The number of carboxylic acid groups (broad SMARTS) is 1. The minimum absolute atomic E-state index is 0.147. The number of nitrogen functional groups attached to an aromatic ring is 1. The fourth-order valence-corrected chi connectivity index (χ4v) is 6.73. The molecule has 0 bridgehead atoms. The normalized spacial score (nSPS) is 15.2. The van der Waals surface area contributed by atoms with Gasteiger partial charge in [-0.25, -0.2) is 9.59 Å². The molecule has 4 aromatic rings. The van der Waals surface area contributed by atoms with E-state index in [4.69, 9.17) is 15.2 Å². The lowest BCUT2D eigenvalue weighted by molar-refractivity contribution is 0.0170. The van der Waals surface area contributed by atoms with Crippen molar-refractivity contribution in [2.24, 2.45) is 0 Å². The fourth-order valence-electron chi connectivity index (χ4n) is 5.62. The van der Waals surface area contributed by atoms with Crippen LogP contribution in [0.5, 0.6) is 5.75 Å².